The summed E-state index contributed by atoms with van der Waals surface area (Å²) in [6.45, 7) is 0. The Morgan fingerprint density at radius 1 is 1.27 bits per heavy atom. The van der Waals surface area contributed by atoms with Crippen molar-refractivity contribution in [3.05, 3.63) is 0 Å². The van der Waals surface area contributed by atoms with E-state index in [1.54, 1.807) is 0 Å². The van der Waals surface area contributed by atoms with Crippen LogP contribution in [0.3, 0.4) is 0 Å². The number of carbonyl (C=O) groups is 1. The van der Waals surface area contributed by atoms with Crippen LogP contribution < -0.4 is 0 Å². The second-order valence-electron chi connectivity index (χ2n) is 1.46. The zero-order valence-electron chi connectivity index (χ0n) is 4.65. The molecule has 3 nitrogen and oxygen atoms in total. The van der Waals surface area contributed by atoms with Gasteiger partial charge in [-0.1, -0.05) is 0 Å². The third kappa shape index (κ3) is 1.63. The Bertz CT molecular complexity index is 166. The standard InChI is InChI=1S/C3HF5O3/c4-1(9)2(5,6)3(7,8)11-10/h10H. The van der Waals surface area contributed by atoms with Crippen LogP contribution in [-0.2, 0) is 9.68 Å². The summed E-state index contributed by atoms with van der Waals surface area (Å²) in [7, 11) is 0. The zero-order valence-corrected chi connectivity index (χ0v) is 4.65. The Morgan fingerprint density at radius 2 is 1.64 bits per heavy atom. The molecule has 0 aliphatic rings. The van der Waals surface area contributed by atoms with E-state index in [0.29, 0.717) is 0 Å². The van der Waals surface area contributed by atoms with E-state index in [1.807, 2.05) is 4.89 Å². The van der Waals surface area contributed by atoms with Gasteiger partial charge in [0, 0.05) is 0 Å². The molecule has 0 spiro atoms. The van der Waals surface area contributed by atoms with E-state index in [2.05, 4.69) is 0 Å². The van der Waals surface area contributed by atoms with Crippen molar-refractivity contribution in [3.8, 4) is 0 Å². The summed E-state index contributed by atoms with van der Waals surface area (Å²) in [6.07, 6.45) is -5.54. The third-order valence-electron chi connectivity index (χ3n) is 0.727. The molecule has 0 aromatic heterocycles. The second kappa shape index (κ2) is 2.70. The number of halogens is 5. The number of rotatable bonds is 3. The van der Waals surface area contributed by atoms with Gasteiger partial charge in [0.2, 0.25) is 0 Å². The van der Waals surface area contributed by atoms with Crippen molar-refractivity contribution in [2.45, 2.75) is 12.0 Å². The first-order valence-corrected chi connectivity index (χ1v) is 2.04. The summed E-state index contributed by atoms with van der Waals surface area (Å²) in [5, 5.41) is 7.13. The van der Waals surface area contributed by atoms with E-state index in [9.17, 15) is 26.7 Å². The summed E-state index contributed by atoms with van der Waals surface area (Å²) in [5.74, 6) is -5.66. The molecule has 11 heavy (non-hydrogen) atoms. The predicted octanol–water partition coefficient (Wildman–Crippen LogP) is 1.20. The molecule has 8 heteroatoms. The lowest BCUT2D eigenvalue weighted by Gasteiger charge is -2.17. The van der Waals surface area contributed by atoms with Gasteiger partial charge in [-0.05, 0) is 0 Å². The maximum absolute atomic E-state index is 11.6. The molecule has 1 N–H and O–H groups in total. The van der Waals surface area contributed by atoms with Gasteiger partial charge in [0.05, 0.1) is 0 Å². The van der Waals surface area contributed by atoms with Crippen LogP contribution in [0.15, 0.2) is 0 Å². The molecule has 0 rings (SSSR count). The maximum Gasteiger partial charge on any atom is 0.455 e. The quantitative estimate of drug-likeness (QED) is 0.307. The molecule has 0 radical (unpaired) electrons. The molecular formula is C3HF5O3. The highest BCUT2D eigenvalue weighted by atomic mass is 19.3. The Kier molecular flexibility index (Phi) is 2.51. The fourth-order valence-electron chi connectivity index (χ4n) is 0.172. The smallest absolute Gasteiger partial charge is 0.254 e. The number of carbonyl (C=O) groups excluding carboxylic acids is 1. The molecule has 0 amide bonds. The lowest BCUT2D eigenvalue weighted by atomic mass is 10.3. The molecule has 0 saturated carbocycles. The van der Waals surface area contributed by atoms with Crippen LogP contribution in [0.2, 0.25) is 0 Å². The first-order chi connectivity index (χ1) is 4.75. The summed E-state index contributed by atoms with van der Waals surface area (Å²) < 4.78 is 57.2. The molecule has 0 aliphatic carbocycles. The minimum absolute atomic E-state index is 1.92. The second-order valence-corrected chi connectivity index (χ2v) is 1.46. The van der Waals surface area contributed by atoms with Gasteiger partial charge in [-0.2, -0.15) is 26.8 Å². The van der Waals surface area contributed by atoms with Gasteiger partial charge in [0.1, 0.15) is 0 Å². The van der Waals surface area contributed by atoms with E-state index in [0.717, 1.165) is 0 Å². The Hall–Kier alpha value is -0.760. The monoisotopic (exact) mass is 180 g/mol. The van der Waals surface area contributed by atoms with Gasteiger partial charge in [-0.25, -0.2) is 5.26 Å². The zero-order chi connectivity index (χ0) is 9.28. The molecule has 0 aromatic rings. The van der Waals surface area contributed by atoms with Crippen LogP contribution in [0.4, 0.5) is 22.0 Å². The van der Waals surface area contributed by atoms with E-state index in [-0.39, 0.29) is 0 Å². The highest BCUT2D eigenvalue weighted by molar-refractivity contribution is 5.77. The van der Waals surface area contributed by atoms with Gasteiger partial charge in [-0.3, -0.25) is 4.79 Å². The van der Waals surface area contributed by atoms with Crippen LogP contribution >= 0.6 is 0 Å². The summed E-state index contributed by atoms with van der Waals surface area (Å²) in [4.78, 5) is 11.1. The molecule has 0 aromatic carbocycles. The topological polar surface area (TPSA) is 46.5 Å². The fourth-order valence-corrected chi connectivity index (χ4v) is 0.172. The van der Waals surface area contributed by atoms with Crippen LogP contribution in [0.25, 0.3) is 0 Å². The highest BCUT2D eigenvalue weighted by Crippen LogP contribution is 2.35. The average molecular weight is 180 g/mol. The Labute approximate surface area is 56.3 Å². The summed E-state index contributed by atoms with van der Waals surface area (Å²) in [5.41, 5.74) is 0. The van der Waals surface area contributed by atoms with E-state index in [1.165, 1.54) is 0 Å². The van der Waals surface area contributed by atoms with Crippen LogP contribution in [0.1, 0.15) is 0 Å². The van der Waals surface area contributed by atoms with E-state index in [4.69, 9.17) is 5.26 Å². The van der Waals surface area contributed by atoms with Crippen molar-refractivity contribution in [2.24, 2.45) is 0 Å². The van der Waals surface area contributed by atoms with Gasteiger partial charge in [0.25, 0.3) is 0 Å². The van der Waals surface area contributed by atoms with Crippen molar-refractivity contribution in [1.29, 1.82) is 0 Å². The normalized spacial score (nSPS) is 13.3. The highest BCUT2D eigenvalue weighted by Gasteiger charge is 2.65. The Morgan fingerprint density at radius 3 is 1.73 bits per heavy atom. The third-order valence-corrected chi connectivity index (χ3v) is 0.727. The lowest BCUT2D eigenvalue weighted by molar-refractivity contribution is -0.458. The molecule has 0 unspecified atom stereocenters. The largest absolute Gasteiger partial charge is 0.455 e. The molecular weight excluding hydrogens is 179 g/mol. The first kappa shape index (κ1) is 10.2. The number of alkyl halides is 4. The summed E-state index contributed by atoms with van der Waals surface area (Å²) in [6, 6.07) is -3.59. The molecule has 66 valence electrons. The van der Waals surface area contributed by atoms with Crippen molar-refractivity contribution in [2.75, 3.05) is 0 Å². The molecule has 0 fully saturated rings. The first-order valence-electron chi connectivity index (χ1n) is 2.04. The minimum atomic E-state index is -5.66. The van der Waals surface area contributed by atoms with Crippen molar-refractivity contribution in [1.82, 2.24) is 0 Å². The lowest BCUT2D eigenvalue weighted by Crippen LogP contribution is -2.46. The van der Waals surface area contributed by atoms with E-state index >= 15 is 0 Å². The van der Waals surface area contributed by atoms with Crippen molar-refractivity contribution < 1.29 is 36.9 Å². The van der Waals surface area contributed by atoms with E-state index < -0.39 is 18.1 Å². The average Bonchev–Trinajstić information content (AvgIpc) is 1.87. The van der Waals surface area contributed by atoms with Crippen LogP contribution in [-0.4, -0.2) is 23.3 Å². The maximum atomic E-state index is 11.6. The van der Waals surface area contributed by atoms with Gasteiger partial charge in [-0.15, -0.1) is 0 Å². The molecule has 0 aliphatic heterocycles. The SMILES string of the molecule is O=C(F)C(F)(F)C(F)(F)OO. The number of hydrogen-bond acceptors (Lipinski definition) is 3. The molecule has 0 heterocycles. The Balaban J connectivity index is 4.67. The summed E-state index contributed by atoms with van der Waals surface area (Å²) >= 11 is 0. The van der Waals surface area contributed by atoms with Gasteiger partial charge in [0.15, 0.2) is 0 Å². The molecule has 0 saturated heterocycles. The fraction of sp³-hybridized carbons (Fsp3) is 0.667. The van der Waals surface area contributed by atoms with Crippen LogP contribution in [0, 0.1) is 0 Å². The van der Waals surface area contributed by atoms with Gasteiger partial charge < -0.3 is 0 Å². The van der Waals surface area contributed by atoms with Crippen molar-refractivity contribution in [3.63, 3.8) is 0 Å². The predicted molar refractivity (Wildman–Crippen MR) is 19.7 cm³/mol. The molecule has 0 atom stereocenters. The minimum Gasteiger partial charge on any atom is -0.254 e. The van der Waals surface area contributed by atoms with Crippen LogP contribution in [0.5, 0.6) is 0 Å². The number of hydrogen-bond donors (Lipinski definition) is 1. The van der Waals surface area contributed by atoms with Gasteiger partial charge >= 0.3 is 18.1 Å². The van der Waals surface area contributed by atoms with Crippen molar-refractivity contribution >= 4 is 6.04 Å². The molecule has 0 bridgehead atoms.